The molecule has 0 saturated heterocycles. The van der Waals surface area contributed by atoms with Crippen LogP contribution < -0.4 is 5.73 Å². The Morgan fingerprint density at radius 2 is 2.10 bits per heavy atom. The zero-order valence-corrected chi connectivity index (χ0v) is 12.6. The van der Waals surface area contributed by atoms with Gasteiger partial charge in [0.05, 0.1) is 17.0 Å². The fraction of sp³-hybridized carbons (Fsp3) is 0.529. The maximum absolute atomic E-state index is 12.8. The van der Waals surface area contributed by atoms with Crippen molar-refractivity contribution in [3.63, 3.8) is 0 Å². The van der Waals surface area contributed by atoms with Crippen molar-refractivity contribution >= 4 is 5.91 Å². The lowest BCUT2D eigenvalue weighted by Crippen LogP contribution is -2.47. The molecule has 0 spiro atoms. The van der Waals surface area contributed by atoms with Gasteiger partial charge in [0, 0.05) is 20.1 Å². The number of nitriles is 1. The number of nitrogens with two attached hydrogens (primary N) is 1. The molecule has 0 aromatic heterocycles. The quantitative estimate of drug-likeness (QED) is 0.923. The van der Waals surface area contributed by atoms with E-state index in [9.17, 15) is 4.79 Å². The van der Waals surface area contributed by atoms with Crippen molar-refractivity contribution < 1.29 is 4.79 Å². The number of carbonyl (C=O) groups is 1. The maximum atomic E-state index is 12.8. The largest absolute Gasteiger partial charge is 0.341 e. The molecular weight excluding hydrogens is 262 g/mol. The topological polar surface area (TPSA) is 70.1 Å². The standard InChI is InChI=1S/C17H23N3O/c1-20(12-15-7-5-6-14(10-15)11-18)16(21)17(13-19)8-3-2-4-9-17/h5-7,10H,2-4,8-9,12-13,19H2,1H3. The zero-order chi connectivity index (χ0) is 15.3. The predicted octanol–water partition coefficient (Wildman–Crippen LogP) is 2.43. The Bertz CT molecular complexity index is 541. The monoisotopic (exact) mass is 285 g/mol. The van der Waals surface area contributed by atoms with Crippen LogP contribution in [0.2, 0.25) is 0 Å². The second-order valence-electron chi connectivity index (χ2n) is 6.02. The number of nitrogens with zero attached hydrogens (tertiary/aromatic N) is 2. The van der Waals surface area contributed by atoms with Crippen LogP contribution in [0, 0.1) is 16.7 Å². The second kappa shape index (κ2) is 6.73. The van der Waals surface area contributed by atoms with E-state index in [4.69, 9.17) is 11.0 Å². The summed E-state index contributed by atoms with van der Waals surface area (Å²) in [6, 6.07) is 9.53. The van der Waals surface area contributed by atoms with Crippen molar-refractivity contribution in [2.75, 3.05) is 13.6 Å². The number of carbonyl (C=O) groups excluding carboxylic acids is 1. The maximum Gasteiger partial charge on any atom is 0.230 e. The van der Waals surface area contributed by atoms with Gasteiger partial charge >= 0.3 is 0 Å². The SMILES string of the molecule is CN(Cc1cccc(C#N)c1)C(=O)C1(CN)CCCCC1. The molecule has 112 valence electrons. The van der Waals surface area contributed by atoms with E-state index < -0.39 is 0 Å². The number of rotatable bonds is 4. The fourth-order valence-corrected chi connectivity index (χ4v) is 3.22. The van der Waals surface area contributed by atoms with Crippen LogP contribution in [-0.4, -0.2) is 24.4 Å². The van der Waals surface area contributed by atoms with Gasteiger partial charge in [0.15, 0.2) is 0 Å². The molecule has 1 aliphatic rings. The van der Waals surface area contributed by atoms with Gasteiger partial charge in [-0.15, -0.1) is 0 Å². The summed E-state index contributed by atoms with van der Waals surface area (Å²) >= 11 is 0. The van der Waals surface area contributed by atoms with Gasteiger partial charge in [-0.3, -0.25) is 4.79 Å². The van der Waals surface area contributed by atoms with Crippen molar-refractivity contribution in [1.29, 1.82) is 5.26 Å². The molecule has 0 radical (unpaired) electrons. The highest BCUT2D eigenvalue weighted by molar-refractivity contribution is 5.83. The Morgan fingerprint density at radius 1 is 1.38 bits per heavy atom. The highest BCUT2D eigenvalue weighted by atomic mass is 16.2. The van der Waals surface area contributed by atoms with Crippen LogP contribution >= 0.6 is 0 Å². The van der Waals surface area contributed by atoms with Gasteiger partial charge in [-0.2, -0.15) is 5.26 Å². The summed E-state index contributed by atoms with van der Waals surface area (Å²) in [7, 11) is 1.83. The first-order valence-corrected chi connectivity index (χ1v) is 7.56. The van der Waals surface area contributed by atoms with E-state index in [1.54, 1.807) is 11.0 Å². The van der Waals surface area contributed by atoms with Crippen LogP contribution in [0.1, 0.15) is 43.2 Å². The molecular formula is C17H23N3O. The number of hydrogen-bond donors (Lipinski definition) is 1. The molecule has 1 fully saturated rings. The van der Waals surface area contributed by atoms with E-state index in [0.717, 1.165) is 31.2 Å². The predicted molar refractivity (Wildman–Crippen MR) is 82.2 cm³/mol. The molecule has 0 heterocycles. The van der Waals surface area contributed by atoms with Crippen molar-refractivity contribution in [2.45, 2.75) is 38.6 Å². The summed E-state index contributed by atoms with van der Waals surface area (Å²) in [5.74, 6) is 0.145. The minimum absolute atomic E-state index is 0.145. The Hall–Kier alpha value is -1.86. The average molecular weight is 285 g/mol. The summed E-state index contributed by atoms with van der Waals surface area (Å²) in [6.07, 6.45) is 5.15. The molecule has 1 amide bonds. The molecule has 1 saturated carbocycles. The van der Waals surface area contributed by atoms with E-state index in [0.29, 0.717) is 18.7 Å². The summed E-state index contributed by atoms with van der Waals surface area (Å²) in [6.45, 7) is 0.949. The lowest BCUT2D eigenvalue weighted by molar-refractivity contribution is -0.142. The smallest absolute Gasteiger partial charge is 0.230 e. The number of amides is 1. The molecule has 4 heteroatoms. The molecule has 0 atom stereocenters. The van der Waals surface area contributed by atoms with Crippen molar-refractivity contribution in [2.24, 2.45) is 11.1 Å². The third kappa shape index (κ3) is 3.43. The number of hydrogen-bond acceptors (Lipinski definition) is 3. The molecule has 4 nitrogen and oxygen atoms in total. The molecule has 0 bridgehead atoms. The van der Waals surface area contributed by atoms with E-state index in [1.165, 1.54) is 6.42 Å². The van der Waals surface area contributed by atoms with Crippen LogP contribution in [0.15, 0.2) is 24.3 Å². The zero-order valence-electron chi connectivity index (χ0n) is 12.6. The summed E-state index contributed by atoms with van der Waals surface area (Å²) in [4.78, 5) is 14.5. The van der Waals surface area contributed by atoms with Crippen LogP contribution in [0.3, 0.4) is 0 Å². The number of benzene rings is 1. The molecule has 2 N–H and O–H groups in total. The first kappa shape index (κ1) is 15.5. The first-order chi connectivity index (χ1) is 10.1. The lowest BCUT2D eigenvalue weighted by atomic mass is 9.73. The third-order valence-electron chi connectivity index (χ3n) is 4.48. The average Bonchev–Trinajstić information content (AvgIpc) is 2.54. The molecule has 2 rings (SSSR count). The van der Waals surface area contributed by atoms with Gasteiger partial charge in [-0.25, -0.2) is 0 Å². The van der Waals surface area contributed by atoms with Crippen LogP contribution in [0.5, 0.6) is 0 Å². The summed E-state index contributed by atoms with van der Waals surface area (Å²) < 4.78 is 0. The van der Waals surface area contributed by atoms with Gasteiger partial charge in [0.25, 0.3) is 0 Å². The second-order valence-corrected chi connectivity index (χ2v) is 6.02. The molecule has 0 unspecified atom stereocenters. The molecule has 21 heavy (non-hydrogen) atoms. The van der Waals surface area contributed by atoms with Gasteiger partial charge < -0.3 is 10.6 Å². The Labute approximate surface area is 126 Å². The Morgan fingerprint density at radius 3 is 2.71 bits per heavy atom. The Kier molecular flexibility index (Phi) is 4.98. The van der Waals surface area contributed by atoms with E-state index in [1.807, 2.05) is 25.2 Å². The third-order valence-corrected chi connectivity index (χ3v) is 4.48. The Balaban J connectivity index is 2.09. The van der Waals surface area contributed by atoms with Crippen LogP contribution in [0.4, 0.5) is 0 Å². The van der Waals surface area contributed by atoms with Crippen molar-refractivity contribution in [1.82, 2.24) is 4.90 Å². The minimum atomic E-state index is -0.375. The molecule has 1 aromatic rings. The molecule has 1 aliphatic carbocycles. The fourth-order valence-electron chi connectivity index (χ4n) is 3.22. The lowest BCUT2D eigenvalue weighted by Gasteiger charge is -2.37. The highest BCUT2D eigenvalue weighted by Crippen LogP contribution is 2.37. The molecule has 0 aliphatic heterocycles. The van der Waals surface area contributed by atoms with Crippen molar-refractivity contribution in [3.8, 4) is 6.07 Å². The van der Waals surface area contributed by atoms with Crippen LogP contribution in [0.25, 0.3) is 0 Å². The van der Waals surface area contributed by atoms with Crippen LogP contribution in [-0.2, 0) is 11.3 Å². The normalized spacial score (nSPS) is 17.0. The van der Waals surface area contributed by atoms with Gasteiger partial charge in [0.2, 0.25) is 5.91 Å². The van der Waals surface area contributed by atoms with Gasteiger partial charge in [-0.1, -0.05) is 31.4 Å². The van der Waals surface area contributed by atoms with E-state index in [-0.39, 0.29) is 11.3 Å². The highest BCUT2D eigenvalue weighted by Gasteiger charge is 2.39. The summed E-state index contributed by atoms with van der Waals surface area (Å²) in [5, 5.41) is 8.94. The van der Waals surface area contributed by atoms with Crippen molar-refractivity contribution in [3.05, 3.63) is 35.4 Å². The van der Waals surface area contributed by atoms with Gasteiger partial charge in [0.1, 0.15) is 0 Å². The first-order valence-electron chi connectivity index (χ1n) is 7.56. The molecule has 1 aromatic carbocycles. The summed E-state index contributed by atoms with van der Waals surface area (Å²) in [5.41, 5.74) is 7.15. The van der Waals surface area contributed by atoms with E-state index >= 15 is 0 Å². The minimum Gasteiger partial charge on any atom is -0.341 e. The van der Waals surface area contributed by atoms with E-state index in [2.05, 4.69) is 6.07 Å². The van der Waals surface area contributed by atoms with Gasteiger partial charge in [-0.05, 0) is 30.5 Å².